The first-order valence-electron chi connectivity index (χ1n) is 4.38. The molecule has 80 valence electrons. The maximum absolute atomic E-state index is 5.64. The van der Waals surface area contributed by atoms with Crippen LogP contribution in [-0.2, 0) is 4.74 Å². The molecule has 0 aromatic heterocycles. The van der Waals surface area contributed by atoms with Crippen LogP contribution in [0.3, 0.4) is 0 Å². The highest BCUT2D eigenvalue weighted by molar-refractivity contribution is 4.77. The van der Waals surface area contributed by atoms with E-state index in [1.807, 2.05) is 27.7 Å². The molecular formula is C8H22N4O. The monoisotopic (exact) mass is 190 g/mol. The molecule has 0 atom stereocenters. The third-order valence-corrected chi connectivity index (χ3v) is 1.74. The summed E-state index contributed by atoms with van der Waals surface area (Å²) in [6, 6.07) is 0. The van der Waals surface area contributed by atoms with Crippen LogP contribution in [0.4, 0.5) is 0 Å². The van der Waals surface area contributed by atoms with E-state index < -0.39 is 0 Å². The Hall–Kier alpha value is -0.200. The van der Waals surface area contributed by atoms with E-state index in [2.05, 4.69) is 10.9 Å². The van der Waals surface area contributed by atoms with E-state index >= 15 is 0 Å². The van der Waals surface area contributed by atoms with Gasteiger partial charge in [-0.15, -0.1) is 0 Å². The van der Waals surface area contributed by atoms with Gasteiger partial charge < -0.3 is 4.74 Å². The molecule has 0 rings (SSSR count). The van der Waals surface area contributed by atoms with Gasteiger partial charge in [0, 0.05) is 12.1 Å². The second-order valence-electron chi connectivity index (χ2n) is 4.46. The first-order valence-corrected chi connectivity index (χ1v) is 4.38. The Kier molecular flexibility index (Phi) is 4.80. The van der Waals surface area contributed by atoms with E-state index in [0.717, 1.165) is 0 Å². The van der Waals surface area contributed by atoms with Crippen LogP contribution in [-0.4, -0.2) is 24.3 Å². The number of ether oxygens (including phenoxy) is 1. The lowest BCUT2D eigenvalue weighted by molar-refractivity contribution is -0.0410. The van der Waals surface area contributed by atoms with E-state index in [-0.39, 0.29) is 11.1 Å². The van der Waals surface area contributed by atoms with Crippen molar-refractivity contribution in [3.05, 3.63) is 0 Å². The molecule has 5 heteroatoms. The Morgan fingerprint density at radius 1 is 1.15 bits per heavy atom. The van der Waals surface area contributed by atoms with Gasteiger partial charge >= 0.3 is 0 Å². The molecule has 0 aromatic carbocycles. The lowest BCUT2D eigenvalue weighted by Gasteiger charge is -2.31. The zero-order chi connectivity index (χ0) is 10.5. The number of rotatable bonds is 6. The van der Waals surface area contributed by atoms with E-state index in [1.165, 1.54) is 0 Å². The Morgan fingerprint density at radius 2 is 1.69 bits per heavy atom. The summed E-state index contributed by atoms with van der Waals surface area (Å²) < 4.78 is 5.64. The molecule has 0 aromatic rings. The zero-order valence-electron chi connectivity index (χ0n) is 8.98. The first kappa shape index (κ1) is 12.8. The predicted octanol–water partition coefficient (Wildman–Crippen LogP) is -0.513. The fourth-order valence-electron chi connectivity index (χ4n) is 0.714. The summed E-state index contributed by atoms with van der Waals surface area (Å²) in [7, 11) is 0. The van der Waals surface area contributed by atoms with Crippen LogP contribution in [0.5, 0.6) is 0 Å². The first-order chi connectivity index (χ1) is 5.83. The normalized spacial score (nSPS) is 13.4. The Bertz CT molecular complexity index is 147. The lowest BCUT2D eigenvalue weighted by atomic mass is 10.1. The van der Waals surface area contributed by atoms with Crippen molar-refractivity contribution in [1.82, 2.24) is 10.9 Å². The summed E-state index contributed by atoms with van der Waals surface area (Å²) in [5, 5.41) is 0. The third-order valence-electron chi connectivity index (χ3n) is 1.74. The molecule has 0 bridgehead atoms. The number of hydrogen-bond donors (Lipinski definition) is 4. The number of nitrogens with one attached hydrogen (secondary N) is 2. The van der Waals surface area contributed by atoms with Crippen molar-refractivity contribution < 1.29 is 4.74 Å². The average molecular weight is 190 g/mol. The van der Waals surface area contributed by atoms with E-state index in [9.17, 15) is 0 Å². The van der Waals surface area contributed by atoms with Crippen LogP contribution in [0.15, 0.2) is 0 Å². The molecular weight excluding hydrogens is 168 g/mol. The zero-order valence-corrected chi connectivity index (χ0v) is 8.98. The highest BCUT2D eigenvalue weighted by atomic mass is 16.5. The summed E-state index contributed by atoms with van der Waals surface area (Å²) in [5.41, 5.74) is 4.77. The molecule has 0 aliphatic carbocycles. The van der Waals surface area contributed by atoms with E-state index in [1.54, 1.807) is 0 Å². The molecule has 0 aliphatic heterocycles. The van der Waals surface area contributed by atoms with Gasteiger partial charge in [-0.05, 0) is 27.7 Å². The van der Waals surface area contributed by atoms with Crippen LogP contribution in [0.25, 0.3) is 0 Å². The van der Waals surface area contributed by atoms with Gasteiger partial charge in [-0.1, -0.05) is 0 Å². The molecule has 0 unspecified atom stereocenters. The average Bonchev–Trinajstić information content (AvgIpc) is 2.02. The second kappa shape index (κ2) is 4.88. The van der Waals surface area contributed by atoms with Gasteiger partial charge in [-0.3, -0.25) is 22.5 Å². The van der Waals surface area contributed by atoms with Crippen LogP contribution in [0.1, 0.15) is 27.7 Å². The van der Waals surface area contributed by atoms with Gasteiger partial charge in [0.15, 0.2) is 0 Å². The molecule has 0 saturated carbocycles. The van der Waals surface area contributed by atoms with E-state index in [0.29, 0.717) is 13.2 Å². The molecule has 0 saturated heterocycles. The smallest absolute Gasteiger partial charge is 0.0765 e. The van der Waals surface area contributed by atoms with Crippen molar-refractivity contribution in [3.8, 4) is 0 Å². The van der Waals surface area contributed by atoms with Crippen molar-refractivity contribution in [2.24, 2.45) is 11.7 Å². The van der Waals surface area contributed by atoms with Crippen molar-refractivity contribution in [3.63, 3.8) is 0 Å². The van der Waals surface area contributed by atoms with Gasteiger partial charge in [0.2, 0.25) is 0 Å². The summed E-state index contributed by atoms with van der Waals surface area (Å²) in [6.07, 6.45) is 0. The highest BCUT2D eigenvalue weighted by Gasteiger charge is 2.23. The molecule has 0 fully saturated rings. The largest absolute Gasteiger partial charge is 0.372 e. The molecule has 0 heterocycles. The molecule has 0 spiro atoms. The number of hydrazine groups is 2. The standard InChI is InChI=1S/C8H22N4O/c1-7(2,12-10)6-13-8(3,4)5-11-9/h11-12H,5-6,9-10H2,1-4H3. The fraction of sp³-hybridized carbons (Fsp3) is 1.00. The molecule has 13 heavy (non-hydrogen) atoms. The summed E-state index contributed by atoms with van der Waals surface area (Å²) in [6.45, 7) is 9.03. The molecule has 5 nitrogen and oxygen atoms in total. The van der Waals surface area contributed by atoms with Gasteiger partial charge in [-0.2, -0.15) is 0 Å². The summed E-state index contributed by atoms with van der Waals surface area (Å²) in [5.74, 6) is 10.6. The van der Waals surface area contributed by atoms with Crippen LogP contribution >= 0.6 is 0 Å². The van der Waals surface area contributed by atoms with Crippen molar-refractivity contribution in [2.45, 2.75) is 38.8 Å². The molecule has 0 radical (unpaired) electrons. The topological polar surface area (TPSA) is 85.3 Å². The fourth-order valence-corrected chi connectivity index (χ4v) is 0.714. The van der Waals surface area contributed by atoms with Crippen LogP contribution in [0.2, 0.25) is 0 Å². The minimum Gasteiger partial charge on any atom is -0.372 e. The van der Waals surface area contributed by atoms with Crippen molar-refractivity contribution in [2.75, 3.05) is 13.2 Å². The maximum Gasteiger partial charge on any atom is 0.0765 e. The molecule has 6 N–H and O–H groups in total. The number of nitrogens with two attached hydrogens (primary N) is 2. The van der Waals surface area contributed by atoms with Crippen LogP contribution < -0.4 is 22.5 Å². The lowest BCUT2D eigenvalue weighted by Crippen LogP contribution is -2.51. The van der Waals surface area contributed by atoms with E-state index in [4.69, 9.17) is 16.4 Å². The number of hydrogen-bond acceptors (Lipinski definition) is 5. The Balaban J connectivity index is 3.86. The summed E-state index contributed by atoms with van der Waals surface area (Å²) >= 11 is 0. The third kappa shape index (κ3) is 5.95. The van der Waals surface area contributed by atoms with Crippen LogP contribution in [0, 0.1) is 0 Å². The molecule has 0 amide bonds. The highest BCUT2D eigenvalue weighted by Crippen LogP contribution is 2.11. The van der Waals surface area contributed by atoms with Gasteiger partial charge in [0.05, 0.1) is 12.2 Å². The van der Waals surface area contributed by atoms with Gasteiger partial charge in [-0.25, -0.2) is 0 Å². The quantitative estimate of drug-likeness (QED) is 0.335. The minimum absolute atomic E-state index is 0.216. The minimum atomic E-state index is -0.275. The van der Waals surface area contributed by atoms with Crippen molar-refractivity contribution in [1.29, 1.82) is 0 Å². The molecule has 0 aliphatic rings. The van der Waals surface area contributed by atoms with Crippen molar-refractivity contribution >= 4 is 0 Å². The Labute approximate surface area is 80.1 Å². The van der Waals surface area contributed by atoms with Gasteiger partial charge in [0.25, 0.3) is 0 Å². The Morgan fingerprint density at radius 3 is 2.08 bits per heavy atom. The summed E-state index contributed by atoms with van der Waals surface area (Å²) in [4.78, 5) is 0. The second-order valence-corrected chi connectivity index (χ2v) is 4.46. The SMILES string of the molecule is CC(C)(COC(C)(C)CNN)NN. The van der Waals surface area contributed by atoms with Gasteiger partial charge in [0.1, 0.15) is 0 Å². The maximum atomic E-state index is 5.64. The predicted molar refractivity (Wildman–Crippen MR) is 53.6 cm³/mol.